The van der Waals surface area contributed by atoms with Gasteiger partial charge in [0.25, 0.3) is 5.91 Å². The normalized spacial score (nSPS) is 16.8. The Labute approximate surface area is 161 Å². The molecular formula is C21H20FN3O3. The Morgan fingerprint density at radius 3 is 2.79 bits per heavy atom. The maximum Gasteiger partial charge on any atom is 0.253 e. The summed E-state index contributed by atoms with van der Waals surface area (Å²) in [5.41, 5.74) is 1.23. The number of carbonyl (C=O) groups excluding carboxylic acids is 1. The van der Waals surface area contributed by atoms with Crippen molar-refractivity contribution in [3.63, 3.8) is 0 Å². The molecule has 1 aromatic heterocycles. The van der Waals surface area contributed by atoms with Crippen LogP contribution in [-0.4, -0.2) is 41.1 Å². The van der Waals surface area contributed by atoms with Crippen LogP contribution in [0.25, 0.3) is 11.4 Å². The molecule has 1 atom stereocenters. The third-order valence-electron chi connectivity index (χ3n) is 4.94. The Morgan fingerprint density at radius 2 is 2.00 bits per heavy atom. The second kappa shape index (κ2) is 7.80. The van der Waals surface area contributed by atoms with Gasteiger partial charge in [-0.3, -0.25) is 4.79 Å². The fourth-order valence-electron chi connectivity index (χ4n) is 3.48. The maximum absolute atomic E-state index is 13.1. The van der Waals surface area contributed by atoms with E-state index in [1.165, 1.54) is 24.3 Å². The molecule has 0 aliphatic carbocycles. The topological polar surface area (TPSA) is 68.5 Å². The number of likely N-dealkylation sites (tertiary alicyclic amines) is 1. The average molecular weight is 381 g/mol. The fraction of sp³-hybridized carbons (Fsp3) is 0.286. The van der Waals surface area contributed by atoms with Crippen molar-refractivity contribution in [2.24, 2.45) is 0 Å². The number of rotatable bonds is 4. The zero-order valence-corrected chi connectivity index (χ0v) is 15.5. The number of ether oxygens (including phenoxy) is 1. The van der Waals surface area contributed by atoms with Crippen molar-refractivity contribution < 1.29 is 18.4 Å². The van der Waals surface area contributed by atoms with Gasteiger partial charge in [-0.25, -0.2) is 4.39 Å². The minimum atomic E-state index is -0.359. The van der Waals surface area contributed by atoms with E-state index in [4.69, 9.17) is 9.26 Å². The van der Waals surface area contributed by atoms with Crippen LogP contribution in [-0.2, 0) is 0 Å². The van der Waals surface area contributed by atoms with Crippen LogP contribution < -0.4 is 4.74 Å². The molecule has 144 valence electrons. The van der Waals surface area contributed by atoms with E-state index in [1.54, 1.807) is 12.0 Å². The van der Waals surface area contributed by atoms with E-state index in [0.29, 0.717) is 36.1 Å². The van der Waals surface area contributed by atoms with Gasteiger partial charge in [-0.1, -0.05) is 17.3 Å². The van der Waals surface area contributed by atoms with Crippen molar-refractivity contribution in [2.75, 3.05) is 20.2 Å². The van der Waals surface area contributed by atoms with Crippen LogP contribution in [0.3, 0.4) is 0 Å². The van der Waals surface area contributed by atoms with E-state index in [9.17, 15) is 9.18 Å². The summed E-state index contributed by atoms with van der Waals surface area (Å²) in [5, 5.41) is 4.10. The van der Waals surface area contributed by atoms with Crippen LogP contribution in [0.5, 0.6) is 5.75 Å². The molecule has 3 aromatic rings. The first-order valence-electron chi connectivity index (χ1n) is 9.17. The van der Waals surface area contributed by atoms with Crippen LogP contribution >= 0.6 is 0 Å². The highest BCUT2D eigenvalue weighted by Gasteiger charge is 2.29. The van der Waals surface area contributed by atoms with E-state index in [-0.39, 0.29) is 17.6 Å². The Morgan fingerprint density at radius 1 is 1.21 bits per heavy atom. The number of para-hydroxylation sites is 1. The van der Waals surface area contributed by atoms with Gasteiger partial charge in [0.1, 0.15) is 11.6 Å². The van der Waals surface area contributed by atoms with Crippen LogP contribution in [0.1, 0.15) is 35.0 Å². The third kappa shape index (κ3) is 3.60. The quantitative estimate of drug-likeness (QED) is 0.686. The van der Waals surface area contributed by atoms with Gasteiger partial charge >= 0.3 is 0 Å². The summed E-state index contributed by atoms with van der Waals surface area (Å²) in [4.78, 5) is 19.0. The fourth-order valence-corrected chi connectivity index (χ4v) is 3.48. The summed E-state index contributed by atoms with van der Waals surface area (Å²) in [7, 11) is 1.60. The third-order valence-corrected chi connectivity index (χ3v) is 4.94. The lowest BCUT2D eigenvalue weighted by atomic mass is 9.97. The molecule has 4 rings (SSSR count). The number of halogens is 1. The number of hydrogen-bond acceptors (Lipinski definition) is 5. The van der Waals surface area contributed by atoms with Crippen LogP contribution in [0.15, 0.2) is 53.1 Å². The molecule has 0 N–H and O–H groups in total. The summed E-state index contributed by atoms with van der Waals surface area (Å²) >= 11 is 0. The number of piperidine rings is 1. The Bertz CT molecular complexity index is 971. The molecule has 0 spiro atoms. The van der Waals surface area contributed by atoms with E-state index in [1.807, 2.05) is 24.3 Å². The van der Waals surface area contributed by atoms with Crippen LogP contribution in [0.4, 0.5) is 4.39 Å². The molecule has 2 aromatic carbocycles. The number of amides is 1. The van der Waals surface area contributed by atoms with Crippen molar-refractivity contribution in [3.8, 4) is 17.1 Å². The van der Waals surface area contributed by atoms with E-state index < -0.39 is 0 Å². The zero-order chi connectivity index (χ0) is 19.5. The molecule has 1 fully saturated rings. The maximum atomic E-state index is 13.1. The molecule has 7 heteroatoms. The summed E-state index contributed by atoms with van der Waals surface area (Å²) in [6.07, 6.45) is 1.70. The number of nitrogens with zero attached hydrogens (tertiary/aromatic N) is 3. The second-order valence-corrected chi connectivity index (χ2v) is 6.75. The SMILES string of the molecule is COc1ccccc1-c1noc(C2CCCN(C(=O)c3ccc(F)cc3)C2)n1. The first-order chi connectivity index (χ1) is 13.7. The first-order valence-corrected chi connectivity index (χ1v) is 9.17. The highest BCUT2D eigenvalue weighted by Crippen LogP contribution is 2.31. The van der Waals surface area contributed by atoms with Gasteiger partial charge < -0.3 is 14.2 Å². The highest BCUT2D eigenvalue weighted by atomic mass is 19.1. The van der Waals surface area contributed by atoms with E-state index in [0.717, 1.165) is 18.4 Å². The number of carbonyl (C=O) groups is 1. The largest absolute Gasteiger partial charge is 0.496 e. The average Bonchev–Trinajstić information content (AvgIpc) is 3.24. The molecule has 1 saturated heterocycles. The summed E-state index contributed by atoms with van der Waals surface area (Å²) in [6.45, 7) is 1.14. The molecule has 2 heterocycles. The predicted octanol–water partition coefficient (Wildman–Crippen LogP) is 3.90. The van der Waals surface area contributed by atoms with Gasteiger partial charge in [0.15, 0.2) is 0 Å². The lowest BCUT2D eigenvalue weighted by Crippen LogP contribution is -2.39. The molecule has 1 amide bonds. The Hall–Kier alpha value is -3.22. The molecule has 0 radical (unpaired) electrons. The number of hydrogen-bond donors (Lipinski definition) is 0. The predicted molar refractivity (Wildman–Crippen MR) is 101 cm³/mol. The minimum absolute atomic E-state index is 0.0332. The lowest BCUT2D eigenvalue weighted by molar-refractivity contribution is 0.0695. The highest BCUT2D eigenvalue weighted by molar-refractivity contribution is 5.94. The van der Waals surface area contributed by atoms with Crippen LogP contribution in [0.2, 0.25) is 0 Å². The van der Waals surface area contributed by atoms with Crippen LogP contribution in [0, 0.1) is 5.82 Å². The first kappa shape index (κ1) is 18.2. The summed E-state index contributed by atoms with van der Waals surface area (Å²) in [5.74, 6) is 1.14. The van der Waals surface area contributed by atoms with Gasteiger partial charge in [-0.05, 0) is 49.2 Å². The molecular weight excluding hydrogens is 361 g/mol. The zero-order valence-electron chi connectivity index (χ0n) is 15.5. The number of benzene rings is 2. The number of aromatic nitrogens is 2. The van der Waals surface area contributed by atoms with Gasteiger partial charge in [-0.15, -0.1) is 0 Å². The standard InChI is InChI=1S/C21H20FN3O3/c1-27-18-7-3-2-6-17(18)19-23-20(28-24-19)15-5-4-12-25(13-15)21(26)14-8-10-16(22)11-9-14/h2-3,6-11,15H,4-5,12-13H2,1H3. The molecule has 0 bridgehead atoms. The van der Waals surface area contributed by atoms with Crippen molar-refractivity contribution >= 4 is 5.91 Å². The van der Waals surface area contributed by atoms with Crippen molar-refractivity contribution in [1.29, 1.82) is 0 Å². The molecule has 1 aliphatic heterocycles. The summed E-state index contributed by atoms with van der Waals surface area (Å²) < 4.78 is 24.0. The molecule has 1 aliphatic rings. The van der Waals surface area contributed by atoms with Gasteiger partial charge in [0.05, 0.1) is 18.6 Å². The molecule has 0 saturated carbocycles. The lowest BCUT2D eigenvalue weighted by Gasteiger charge is -2.31. The van der Waals surface area contributed by atoms with Gasteiger partial charge in [0, 0.05) is 18.7 Å². The number of methoxy groups -OCH3 is 1. The van der Waals surface area contributed by atoms with E-state index >= 15 is 0 Å². The van der Waals surface area contributed by atoms with Crippen molar-refractivity contribution in [3.05, 3.63) is 65.8 Å². The smallest absolute Gasteiger partial charge is 0.253 e. The van der Waals surface area contributed by atoms with Gasteiger partial charge in [0.2, 0.25) is 11.7 Å². The monoisotopic (exact) mass is 381 g/mol. The van der Waals surface area contributed by atoms with E-state index in [2.05, 4.69) is 10.1 Å². The molecule has 28 heavy (non-hydrogen) atoms. The molecule has 6 nitrogen and oxygen atoms in total. The molecule has 1 unspecified atom stereocenters. The Balaban J connectivity index is 1.51. The van der Waals surface area contributed by atoms with Gasteiger partial charge in [-0.2, -0.15) is 4.98 Å². The van der Waals surface area contributed by atoms with Crippen molar-refractivity contribution in [1.82, 2.24) is 15.0 Å². The second-order valence-electron chi connectivity index (χ2n) is 6.75. The Kier molecular flexibility index (Phi) is 5.06. The van der Waals surface area contributed by atoms with Crippen molar-refractivity contribution in [2.45, 2.75) is 18.8 Å². The minimum Gasteiger partial charge on any atom is -0.496 e. The summed E-state index contributed by atoms with van der Waals surface area (Å²) in [6, 6.07) is 13.1.